The van der Waals surface area contributed by atoms with Crippen LogP contribution in [0.4, 0.5) is 5.00 Å². The van der Waals surface area contributed by atoms with E-state index in [1.54, 1.807) is 22.7 Å². The van der Waals surface area contributed by atoms with Gasteiger partial charge in [-0.15, -0.1) is 22.7 Å². The van der Waals surface area contributed by atoms with Crippen molar-refractivity contribution in [2.24, 2.45) is 5.92 Å². The average Bonchev–Trinajstić information content (AvgIpc) is 3.45. The van der Waals surface area contributed by atoms with Gasteiger partial charge in [-0.25, -0.2) is 0 Å². The normalized spacial score (nSPS) is 15.8. The van der Waals surface area contributed by atoms with Gasteiger partial charge in [-0.1, -0.05) is 24.3 Å². The number of nitrogens with zero attached hydrogens (tertiary/aromatic N) is 1. The lowest BCUT2D eigenvalue weighted by molar-refractivity contribution is -0.149. The number of thiophene rings is 2. The van der Waals surface area contributed by atoms with Crippen LogP contribution < -0.4 is 5.32 Å². The molecule has 0 radical (unpaired) electrons. The maximum absolute atomic E-state index is 13.0. The highest BCUT2D eigenvalue weighted by molar-refractivity contribution is 7.16. The molecule has 1 aromatic carbocycles. The second-order valence-electron chi connectivity index (χ2n) is 8.33. The lowest BCUT2D eigenvalue weighted by atomic mass is 9.93. The number of esters is 1. The Morgan fingerprint density at radius 2 is 1.85 bits per heavy atom. The number of ether oxygens (including phenoxy) is 1. The van der Waals surface area contributed by atoms with E-state index in [0.29, 0.717) is 12.2 Å². The largest absolute Gasteiger partial charge is 0.466 e. The van der Waals surface area contributed by atoms with Crippen molar-refractivity contribution >= 4 is 39.6 Å². The maximum atomic E-state index is 13.0. The molecule has 0 saturated carbocycles. The lowest BCUT2D eigenvalue weighted by Crippen LogP contribution is -2.39. The van der Waals surface area contributed by atoms with E-state index in [4.69, 9.17) is 4.74 Å². The van der Waals surface area contributed by atoms with Gasteiger partial charge in [0.05, 0.1) is 18.6 Å². The third-order valence-corrected chi connectivity index (χ3v) is 8.36. The number of piperidine rings is 1. The van der Waals surface area contributed by atoms with Crippen LogP contribution in [0.3, 0.4) is 0 Å². The zero-order valence-corrected chi connectivity index (χ0v) is 20.9. The Bertz CT molecular complexity index is 1080. The molecule has 1 unspecified atom stereocenters. The highest BCUT2D eigenvalue weighted by Gasteiger charge is 2.34. The van der Waals surface area contributed by atoms with Crippen molar-refractivity contribution in [1.82, 2.24) is 4.90 Å². The first-order valence-electron chi connectivity index (χ1n) is 11.4. The van der Waals surface area contributed by atoms with E-state index in [2.05, 4.69) is 41.6 Å². The quantitative estimate of drug-likeness (QED) is 0.417. The second kappa shape index (κ2) is 10.6. The molecular weight excluding hydrogens is 452 g/mol. The molecule has 1 aliphatic rings. The van der Waals surface area contributed by atoms with Gasteiger partial charge in [0.2, 0.25) is 0 Å². The van der Waals surface area contributed by atoms with Gasteiger partial charge in [0.15, 0.2) is 0 Å². The molecule has 0 aliphatic carbocycles. The number of carbonyl (C=O) groups excluding carboxylic acids is 2. The van der Waals surface area contributed by atoms with Gasteiger partial charge in [0, 0.05) is 20.9 Å². The molecule has 174 valence electrons. The predicted octanol–water partition coefficient (Wildman–Crippen LogP) is 6.04. The van der Waals surface area contributed by atoms with Gasteiger partial charge < -0.3 is 10.1 Å². The summed E-state index contributed by atoms with van der Waals surface area (Å²) >= 11 is 3.37. The molecule has 0 bridgehead atoms. The summed E-state index contributed by atoms with van der Waals surface area (Å²) in [6, 6.07) is 13.6. The van der Waals surface area contributed by atoms with Crippen LogP contribution in [0.25, 0.3) is 0 Å². The van der Waals surface area contributed by atoms with Crippen LogP contribution >= 0.6 is 22.7 Å². The summed E-state index contributed by atoms with van der Waals surface area (Å²) < 4.78 is 5.26. The molecule has 3 aromatic rings. The summed E-state index contributed by atoms with van der Waals surface area (Å²) in [6.07, 6.45) is 1.57. The van der Waals surface area contributed by atoms with Gasteiger partial charge in [0.1, 0.15) is 5.00 Å². The highest BCUT2D eigenvalue weighted by Crippen LogP contribution is 2.44. The summed E-state index contributed by atoms with van der Waals surface area (Å²) in [7, 11) is 0. The number of likely N-dealkylation sites (tertiary alicyclic amines) is 1. The topological polar surface area (TPSA) is 58.6 Å². The first kappa shape index (κ1) is 23.7. The summed E-state index contributed by atoms with van der Waals surface area (Å²) in [6.45, 7) is 8.16. The second-order valence-corrected chi connectivity index (χ2v) is 10.5. The highest BCUT2D eigenvalue weighted by atomic mass is 32.1. The van der Waals surface area contributed by atoms with E-state index in [-0.39, 0.29) is 23.8 Å². The molecule has 1 aliphatic heterocycles. The molecule has 0 spiro atoms. The van der Waals surface area contributed by atoms with Crippen molar-refractivity contribution in [2.45, 2.75) is 39.7 Å². The number of anilines is 1. The van der Waals surface area contributed by atoms with Crippen LogP contribution in [0.15, 0.2) is 47.8 Å². The molecule has 1 amide bonds. The Morgan fingerprint density at radius 3 is 2.48 bits per heavy atom. The zero-order chi connectivity index (χ0) is 23.4. The zero-order valence-electron chi connectivity index (χ0n) is 19.3. The van der Waals surface area contributed by atoms with Gasteiger partial charge in [0.25, 0.3) is 5.91 Å². The number of benzene rings is 1. The van der Waals surface area contributed by atoms with Crippen LogP contribution in [-0.4, -0.2) is 36.5 Å². The van der Waals surface area contributed by atoms with Crippen LogP contribution in [0.2, 0.25) is 0 Å². The van der Waals surface area contributed by atoms with Crippen molar-refractivity contribution in [3.05, 3.63) is 74.3 Å². The Balaban J connectivity index is 1.64. The van der Waals surface area contributed by atoms with E-state index in [1.807, 2.05) is 37.3 Å². The van der Waals surface area contributed by atoms with Crippen molar-refractivity contribution in [2.75, 3.05) is 25.0 Å². The third kappa shape index (κ3) is 5.21. The van der Waals surface area contributed by atoms with E-state index < -0.39 is 0 Å². The third-order valence-electron chi connectivity index (χ3n) is 6.30. The molecular formula is C26H30N2O3S2. The van der Waals surface area contributed by atoms with Crippen LogP contribution in [0.1, 0.15) is 57.0 Å². The fourth-order valence-electron chi connectivity index (χ4n) is 4.44. The maximum Gasteiger partial charge on any atom is 0.309 e. The summed E-state index contributed by atoms with van der Waals surface area (Å²) in [4.78, 5) is 30.1. The van der Waals surface area contributed by atoms with Crippen molar-refractivity contribution < 1.29 is 14.3 Å². The van der Waals surface area contributed by atoms with Crippen LogP contribution in [-0.2, 0) is 9.53 Å². The van der Waals surface area contributed by atoms with Gasteiger partial charge in [-0.3, -0.25) is 14.5 Å². The molecule has 1 fully saturated rings. The molecule has 1 saturated heterocycles. The predicted molar refractivity (Wildman–Crippen MR) is 135 cm³/mol. The summed E-state index contributed by atoms with van der Waals surface area (Å²) in [5, 5.41) is 6.21. The monoisotopic (exact) mass is 482 g/mol. The van der Waals surface area contributed by atoms with Crippen LogP contribution in [0, 0.1) is 19.8 Å². The lowest BCUT2D eigenvalue weighted by Gasteiger charge is -2.37. The first-order valence-corrected chi connectivity index (χ1v) is 13.1. The van der Waals surface area contributed by atoms with E-state index >= 15 is 0 Å². The molecule has 2 aromatic heterocycles. The van der Waals surface area contributed by atoms with Gasteiger partial charge in [-0.05, 0) is 75.8 Å². The van der Waals surface area contributed by atoms with Crippen LogP contribution in [0.5, 0.6) is 0 Å². The number of rotatable bonds is 7. The number of amides is 1. The Hall–Kier alpha value is -2.48. The SMILES string of the molecule is CCOC(=O)C1CCN(C(c2cccs2)c2c(NC(=O)c3ccccc3)sc(C)c2C)CC1. The average molecular weight is 483 g/mol. The van der Waals surface area contributed by atoms with Crippen molar-refractivity contribution in [1.29, 1.82) is 0 Å². The molecule has 1 atom stereocenters. The van der Waals surface area contributed by atoms with E-state index in [1.165, 1.54) is 20.9 Å². The number of hydrogen-bond acceptors (Lipinski definition) is 6. The van der Waals surface area contributed by atoms with Crippen molar-refractivity contribution in [3.63, 3.8) is 0 Å². The minimum Gasteiger partial charge on any atom is -0.466 e. The Labute approximate surface area is 203 Å². The molecule has 3 heterocycles. The fourth-order valence-corrected chi connectivity index (χ4v) is 6.39. The Morgan fingerprint density at radius 1 is 1.12 bits per heavy atom. The summed E-state index contributed by atoms with van der Waals surface area (Å²) in [5.41, 5.74) is 3.03. The minimum absolute atomic E-state index is 0.0345. The Kier molecular flexibility index (Phi) is 7.63. The number of hydrogen-bond donors (Lipinski definition) is 1. The van der Waals surface area contributed by atoms with Gasteiger partial charge >= 0.3 is 5.97 Å². The molecule has 7 heteroatoms. The molecule has 4 rings (SSSR count). The van der Waals surface area contributed by atoms with Crippen molar-refractivity contribution in [3.8, 4) is 0 Å². The number of nitrogens with one attached hydrogen (secondary N) is 1. The standard InChI is InChI=1S/C26H30N2O3S2/c1-4-31-26(30)20-12-14-28(15-13-20)23(21-11-8-16-32-21)22-17(2)18(3)33-25(22)27-24(29)19-9-6-5-7-10-19/h5-11,16,20,23H,4,12-15H2,1-3H3,(H,27,29). The fraction of sp³-hybridized carbons (Fsp3) is 0.385. The van der Waals surface area contributed by atoms with E-state index in [0.717, 1.165) is 30.9 Å². The first-order chi connectivity index (χ1) is 16.0. The van der Waals surface area contributed by atoms with Gasteiger partial charge in [-0.2, -0.15) is 0 Å². The van der Waals surface area contributed by atoms with E-state index in [9.17, 15) is 9.59 Å². The molecule has 5 nitrogen and oxygen atoms in total. The molecule has 33 heavy (non-hydrogen) atoms. The number of carbonyl (C=O) groups is 2. The summed E-state index contributed by atoms with van der Waals surface area (Å²) in [5.74, 6) is -0.208. The molecule has 1 N–H and O–H groups in total. The minimum atomic E-state index is -0.0935. The number of aryl methyl sites for hydroxylation is 1. The smallest absolute Gasteiger partial charge is 0.309 e.